The van der Waals surface area contributed by atoms with E-state index >= 15 is 0 Å². The Morgan fingerprint density at radius 1 is 1.50 bits per heavy atom. The van der Waals surface area contributed by atoms with E-state index in [1.54, 1.807) is 0 Å². The maximum Gasteiger partial charge on any atom is 0.485 e. The van der Waals surface area contributed by atoms with Crippen LogP contribution in [0.5, 0.6) is 0 Å². The number of nitrogens with zero attached hydrogens (tertiary/aromatic N) is 2. The number of hydrogen-bond donors (Lipinski definition) is 0. The van der Waals surface area contributed by atoms with Gasteiger partial charge in [-0.25, -0.2) is 17.6 Å². The average molecular weight is 290 g/mol. The molecule has 0 saturated heterocycles. The van der Waals surface area contributed by atoms with Gasteiger partial charge in [0.15, 0.2) is 10.1 Å². The minimum absolute atomic E-state index is 0. The van der Waals surface area contributed by atoms with E-state index in [0.29, 0.717) is 0 Å². The summed E-state index contributed by atoms with van der Waals surface area (Å²) in [4.78, 5) is 0. The summed E-state index contributed by atoms with van der Waals surface area (Å²) in [6.07, 6.45) is 7.91. The summed E-state index contributed by atoms with van der Waals surface area (Å²) < 4.78 is 63.0. The first-order chi connectivity index (χ1) is 7.58. The Labute approximate surface area is 102 Å². The molecule has 106 valence electrons. The van der Waals surface area contributed by atoms with Gasteiger partial charge in [-0.3, -0.25) is 0 Å². The maximum atomic E-state index is 10.7. The maximum absolute atomic E-state index is 10.7. The monoisotopic (exact) mass is 290 g/mol. The number of aryl methyl sites for hydroxylation is 1. The molecule has 1 aromatic heterocycles. The van der Waals surface area contributed by atoms with Crippen LogP contribution in [0.25, 0.3) is 0 Å². The van der Waals surface area contributed by atoms with Crippen molar-refractivity contribution in [2.45, 2.75) is 12.1 Å². The molecule has 1 heterocycles. The molecule has 0 unspecified atom stereocenters. The molecule has 1 aromatic rings. The standard InChI is InChI=1S/C7H11N2.CHF3O3S.H2O/c1-3-4-9-6-5-8(2)7-9;2-1(3,4)8(5,6)7;/h3,5-7H,1,4H2,2H3;(H,5,6,7);1H2/q+1;;/p-1. The van der Waals surface area contributed by atoms with Crippen LogP contribution in [0.2, 0.25) is 0 Å². The van der Waals surface area contributed by atoms with Gasteiger partial charge in [-0.05, 0) is 0 Å². The quantitative estimate of drug-likeness (QED) is 0.324. The van der Waals surface area contributed by atoms with Crippen molar-refractivity contribution < 1.29 is 36.2 Å². The van der Waals surface area contributed by atoms with Crippen molar-refractivity contribution in [1.82, 2.24) is 4.57 Å². The lowest BCUT2D eigenvalue weighted by molar-refractivity contribution is -0.671. The number of halogens is 3. The second-order valence-corrected chi connectivity index (χ2v) is 4.34. The Morgan fingerprint density at radius 3 is 2.17 bits per heavy atom. The van der Waals surface area contributed by atoms with E-state index in [1.165, 1.54) is 0 Å². The van der Waals surface area contributed by atoms with E-state index in [0.717, 1.165) is 6.54 Å². The fourth-order valence-electron chi connectivity index (χ4n) is 0.759. The molecule has 0 aliphatic rings. The summed E-state index contributed by atoms with van der Waals surface area (Å²) in [7, 11) is -4.09. The summed E-state index contributed by atoms with van der Waals surface area (Å²) in [6.45, 7) is 4.52. The van der Waals surface area contributed by atoms with Gasteiger partial charge in [0.25, 0.3) is 0 Å². The van der Waals surface area contributed by atoms with Crippen LogP contribution in [0.1, 0.15) is 0 Å². The number of rotatable bonds is 2. The number of hydrogen-bond acceptors (Lipinski definition) is 3. The molecule has 6 nitrogen and oxygen atoms in total. The molecule has 0 amide bonds. The van der Waals surface area contributed by atoms with Gasteiger partial charge < -0.3 is 10.0 Å². The van der Waals surface area contributed by atoms with Gasteiger partial charge in [0.2, 0.25) is 6.33 Å². The van der Waals surface area contributed by atoms with Gasteiger partial charge in [0, 0.05) is 0 Å². The SMILES string of the molecule is C=CCn1cc[n+](C)c1.O.O=S(=O)([O-])C(F)(F)F. The third-order valence-electron chi connectivity index (χ3n) is 1.45. The molecule has 0 aromatic carbocycles. The molecule has 0 atom stereocenters. The molecule has 0 radical (unpaired) electrons. The number of allylic oxidation sites excluding steroid dienone is 1. The third-order valence-corrected chi connectivity index (χ3v) is 2.01. The highest BCUT2D eigenvalue weighted by atomic mass is 32.2. The van der Waals surface area contributed by atoms with Crippen LogP contribution in [-0.4, -0.2) is 28.5 Å². The van der Waals surface area contributed by atoms with Crippen molar-refractivity contribution in [3.63, 3.8) is 0 Å². The Hall–Kier alpha value is -1.39. The second-order valence-electron chi connectivity index (χ2n) is 2.96. The molecule has 1 rings (SSSR count). The molecule has 0 bridgehead atoms. The van der Waals surface area contributed by atoms with Crippen LogP contribution in [0, 0.1) is 0 Å². The summed E-state index contributed by atoms with van der Waals surface area (Å²) in [6, 6.07) is 0. The summed E-state index contributed by atoms with van der Waals surface area (Å²) in [5.74, 6) is 0. The van der Waals surface area contributed by atoms with Crippen LogP contribution in [0.15, 0.2) is 31.4 Å². The van der Waals surface area contributed by atoms with Crippen molar-refractivity contribution in [1.29, 1.82) is 0 Å². The zero-order valence-corrected chi connectivity index (χ0v) is 10.2. The topological polar surface area (TPSA) is 97.5 Å². The summed E-state index contributed by atoms with van der Waals surface area (Å²) in [5, 5.41) is 0. The minimum atomic E-state index is -6.09. The first kappa shape index (κ1) is 19.0. The molecule has 18 heavy (non-hydrogen) atoms. The Kier molecular flexibility index (Phi) is 7.52. The lowest BCUT2D eigenvalue weighted by Crippen LogP contribution is -2.23. The van der Waals surface area contributed by atoms with Crippen LogP contribution in [-0.2, 0) is 23.7 Å². The van der Waals surface area contributed by atoms with Crippen LogP contribution < -0.4 is 4.57 Å². The largest absolute Gasteiger partial charge is 0.741 e. The van der Waals surface area contributed by atoms with E-state index in [2.05, 4.69) is 11.1 Å². The lowest BCUT2D eigenvalue weighted by atomic mass is 10.6. The van der Waals surface area contributed by atoms with Crippen molar-refractivity contribution in [2.24, 2.45) is 7.05 Å². The Morgan fingerprint density at radius 2 is 1.94 bits per heavy atom. The van der Waals surface area contributed by atoms with Crippen molar-refractivity contribution >= 4 is 10.1 Å². The van der Waals surface area contributed by atoms with Gasteiger partial charge in [0.1, 0.15) is 18.9 Å². The first-order valence-corrected chi connectivity index (χ1v) is 5.63. The van der Waals surface area contributed by atoms with E-state index in [4.69, 9.17) is 13.0 Å². The fourth-order valence-corrected chi connectivity index (χ4v) is 0.759. The highest BCUT2D eigenvalue weighted by Gasteiger charge is 2.36. The minimum Gasteiger partial charge on any atom is -0.741 e. The predicted molar refractivity (Wildman–Crippen MR) is 55.2 cm³/mol. The molecule has 0 fully saturated rings. The second kappa shape index (κ2) is 7.13. The highest BCUT2D eigenvalue weighted by Crippen LogP contribution is 2.20. The van der Waals surface area contributed by atoms with Crippen LogP contribution in [0.4, 0.5) is 13.2 Å². The van der Waals surface area contributed by atoms with Gasteiger partial charge in [-0.2, -0.15) is 13.2 Å². The third kappa shape index (κ3) is 7.04. The number of imidazole rings is 1. The molecule has 0 saturated carbocycles. The molecule has 0 aliphatic heterocycles. The van der Waals surface area contributed by atoms with E-state index in [-0.39, 0.29) is 5.48 Å². The molecule has 10 heteroatoms. The van der Waals surface area contributed by atoms with Gasteiger partial charge >= 0.3 is 5.51 Å². The molecular formula is C8H13F3N2O4S. The average Bonchev–Trinajstić information content (AvgIpc) is 2.49. The Bertz CT molecular complexity index is 467. The smallest absolute Gasteiger partial charge is 0.485 e. The van der Waals surface area contributed by atoms with Gasteiger partial charge in [-0.15, -0.1) is 0 Å². The first-order valence-electron chi connectivity index (χ1n) is 4.22. The summed E-state index contributed by atoms with van der Waals surface area (Å²) in [5.41, 5.74) is -5.65. The Balaban J connectivity index is 0. The lowest BCUT2D eigenvalue weighted by Gasteiger charge is -2.08. The zero-order chi connectivity index (χ0) is 13.7. The van der Waals surface area contributed by atoms with Gasteiger partial charge in [0.05, 0.1) is 7.05 Å². The number of aromatic nitrogens is 2. The molecular weight excluding hydrogens is 277 g/mol. The van der Waals surface area contributed by atoms with Crippen LogP contribution in [0.3, 0.4) is 0 Å². The van der Waals surface area contributed by atoms with Crippen molar-refractivity contribution in [3.8, 4) is 0 Å². The number of alkyl halides is 3. The van der Waals surface area contributed by atoms with E-state index in [1.807, 2.05) is 36.4 Å². The molecule has 0 aliphatic carbocycles. The predicted octanol–water partition coefficient (Wildman–Crippen LogP) is -0.275. The van der Waals surface area contributed by atoms with Crippen LogP contribution >= 0.6 is 0 Å². The van der Waals surface area contributed by atoms with E-state index < -0.39 is 15.6 Å². The van der Waals surface area contributed by atoms with Crippen molar-refractivity contribution in [2.75, 3.05) is 0 Å². The molecule has 2 N–H and O–H groups in total. The fraction of sp³-hybridized carbons (Fsp3) is 0.375. The van der Waals surface area contributed by atoms with Gasteiger partial charge in [-0.1, -0.05) is 12.7 Å². The van der Waals surface area contributed by atoms with E-state index in [9.17, 15) is 13.2 Å². The zero-order valence-electron chi connectivity index (χ0n) is 9.38. The van der Waals surface area contributed by atoms with Crippen molar-refractivity contribution in [3.05, 3.63) is 31.4 Å². The normalized spacial score (nSPS) is 10.9. The highest BCUT2D eigenvalue weighted by molar-refractivity contribution is 7.86. The molecule has 0 spiro atoms. The summed E-state index contributed by atoms with van der Waals surface area (Å²) >= 11 is 0.